The maximum Gasteiger partial charge on any atom is 0.323 e. The van der Waals surface area contributed by atoms with Crippen LogP contribution in [0, 0.1) is 18.8 Å². The summed E-state index contributed by atoms with van der Waals surface area (Å²) < 4.78 is 1.05. The molecule has 2 heterocycles. The van der Waals surface area contributed by atoms with Gasteiger partial charge in [-0.25, -0.2) is 4.79 Å². The average molecular weight is 610 g/mol. The van der Waals surface area contributed by atoms with Gasteiger partial charge in [-0.1, -0.05) is 70.3 Å². The Bertz CT molecular complexity index is 1300. The Labute approximate surface area is 231 Å². The molecule has 1 atom stereocenters. The molecule has 0 radical (unpaired) electrons. The fourth-order valence-electron chi connectivity index (χ4n) is 4.71. The molecule has 2 N–H and O–H groups in total. The van der Waals surface area contributed by atoms with E-state index in [1.807, 2.05) is 49.4 Å². The summed E-state index contributed by atoms with van der Waals surface area (Å²) in [5.41, 5.74) is 4.03. The van der Waals surface area contributed by atoms with Crippen molar-refractivity contribution < 1.29 is 14.4 Å². The quantitative estimate of drug-likeness (QED) is 0.204. The number of amides is 4. The minimum atomic E-state index is -1.52. The summed E-state index contributed by atoms with van der Waals surface area (Å²) in [6.45, 7) is 8.39. The summed E-state index contributed by atoms with van der Waals surface area (Å²) in [4.78, 5) is 41.9. The molecule has 4 amide bonds. The molecule has 1 fully saturated rings. The van der Waals surface area contributed by atoms with Gasteiger partial charge in [-0.15, -0.1) is 0 Å². The largest absolute Gasteiger partial charge is 0.372 e. The van der Waals surface area contributed by atoms with Crippen molar-refractivity contribution in [2.24, 2.45) is 0 Å². The van der Waals surface area contributed by atoms with Crippen LogP contribution in [0.25, 0.3) is 5.70 Å². The number of urea groups is 1. The van der Waals surface area contributed by atoms with E-state index in [-0.39, 0.29) is 12.5 Å². The second-order valence-corrected chi connectivity index (χ2v) is 10.3. The molecule has 1 saturated heterocycles. The molecule has 0 spiro atoms. The number of fused-ring (bicyclic) bond motifs is 1. The highest BCUT2D eigenvalue weighted by molar-refractivity contribution is 14.1. The smallest absolute Gasteiger partial charge is 0.323 e. The second kappa shape index (κ2) is 11.4. The number of hydrogen-bond donors (Lipinski definition) is 2. The first-order valence-electron chi connectivity index (χ1n) is 12.5. The predicted molar refractivity (Wildman–Crippen MR) is 153 cm³/mol. The number of hydrogen-bond acceptors (Lipinski definition) is 4. The summed E-state index contributed by atoms with van der Waals surface area (Å²) in [5, 5.41) is 4.96. The van der Waals surface area contributed by atoms with E-state index in [2.05, 4.69) is 69.9 Å². The van der Waals surface area contributed by atoms with Crippen LogP contribution < -0.4 is 10.6 Å². The molecule has 37 heavy (non-hydrogen) atoms. The van der Waals surface area contributed by atoms with Gasteiger partial charge in [0.2, 0.25) is 5.54 Å². The molecule has 0 aliphatic carbocycles. The van der Waals surface area contributed by atoms with Gasteiger partial charge >= 0.3 is 6.03 Å². The molecular weight excluding hydrogens is 579 g/mol. The van der Waals surface area contributed by atoms with Crippen molar-refractivity contribution in [2.75, 3.05) is 24.1 Å². The van der Waals surface area contributed by atoms with Crippen LogP contribution in [0.15, 0.2) is 48.5 Å². The molecule has 192 valence electrons. The van der Waals surface area contributed by atoms with E-state index in [4.69, 9.17) is 0 Å². The van der Waals surface area contributed by atoms with Crippen LogP contribution in [0.1, 0.15) is 52.9 Å². The molecule has 0 aromatic heterocycles. The van der Waals surface area contributed by atoms with Gasteiger partial charge < -0.3 is 15.1 Å². The number of alkyl halides is 1. The Hall–Kier alpha value is -3.32. The highest BCUT2D eigenvalue weighted by Crippen LogP contribution is 2.26. The van der Waals surface area contributed by atoms with Crippen molar-refractivity contribution in [1.82, 2.24) is 20.4 Å². The van der Waals surface area contributed by atoms with Crippen LogP contribution >= 0.6 is 22.6 Å². The number of halogens is 1. The van der Waals surface area contributed by atoms with Crippen molar-refractivity contribution in [3.05, 3.63) is 76.4 Å². The minimum Gasteiger partial charge on any atom is -0.372 e. The topological polar surface area (TPSA) is 81.8 Å². The Morgan fingerprint density at radius 2 is 1.86 bits per heavy atom. The van der Waals surface area contributed by atoms with E-state index in [1.54, 1.807) is 4.90 Å². The van der Waals surface area contributed by atoms with Crippen molar-refractivity contribution in [2.45, 2.75) is 39.3 Å². The van der Waals surface area contributed by atoms with Gasteiger partial charge in [0.25, 0.3) is 11.8 Å². The molecule has 7 nitrogen and oxygen atoms in total. The van der Waals surface area contributed by atoms with Gasteiger partial charge in [-0.3, -0.25) is 14.9 Å². The normalized spacial score (nSPS) is 18.8. The molecule has 2 aliphatic rings. The Balaban J connectivity index is 1.60. The molecule has 0 bridgehead atoms. The fraction of sp³-hybridized carbons (Fsp3) is 0.345. The first kappa shape index (κ1) is 26.7. The number of nitrogens with zero attached hydrogens (tertiary/aromatic N) is 2. The number of aryl methyl sites for hydroxylation is 1. The molecule has 2 aliphatic heterocycles. The molecule has 0 saturated carbocycles. The third-order valence-electron chi connectivity index (χ3n) is 6.67. The van der Waals surface area contributed by atoms with Crippen LogP contribution in [0.5, 0.6) is 0 Å². The van der Waals surface area contributed by atoms with Crippen molar-refractivity contribution in [3.8, 4) is 11.8 Å². The SMILES string of the molecule is CCN(CC)/C(=C/CCI)c1ccc(C#C[C@]2(CN3Cc4ccc(C)cc4C3=O)NC(=O)NC2=O)cc1. The van der Waals surface area contributed by atoms with Crippen LogP contribution in [0.2, 0.25) is 0 Å². The number of nitrogens with one attached hydrogen (secondary N) is 2. The number of carbonyl (C=O) groups is 3. The van der Waals surface area contributed by atoms with Gasteiger partial charge in [0.1, 0.15) is 0 Å². The summed E-state index contributed by atoms with van der Waals surface area (Å²) >= 11 is 2.38. The summed E-state index contributed by atoms with van der Waals surface area (Å²) in [7, 11) is 0. The molecule has 4 rings (SSSR count). The predicted octanol–water partition coefficient (Wildman–Crippen LogP) is 4.09. The Morgan fingerprint density at radius 1 is 1.14 bits per heavy atom. The van der Waals surface area contributed by atoms with E-state index in [0.29, 0.717) is 12.1 Å². The number of allylic oxidation sites excluding steroid dienone is 1. The van der Waals surface area contributed by atoms with Gasteiger partial charge in [0.15, 0.2) is 0 Å². The lowest BCUT2D eigenvalue weighted by atomic mass is 9.98. The Morgan fingerprint density at radius 3 is 2.49 bits per heavy atom. The van der Waals surface area contributed by atoms with E-state index in [0.717, 1.165) is 46.2 Å². The fourth-order valence-corrected chi connectivity index (χ4v) is 5.02. The van der Waals surface area contributed by atoms with E-state index >= 15 is 0 Å². The lowest BCUT2D eigenvalue weighted by Crippen LogP contribution is -2.54. The lowest BCUT2D eigenvalue weighted by molar-refractivity contribution is -0.122. The summed E-state index contributed by atoms with van der Waals surface area (Å²) in [6.07, 6.45) is 3.25. The summed E-state index contributed by atoms with van der Waals surface area (Å²) in [6, 6.07) is 13.0. The van der Waals surface area contributed by atoms with Crippen LogP contribution in [0.3, 0.4) is 0 Å². The molecule has 8 heteroatoms. The Kier molecular flexibility index (Phi) is 8.22. The van der Waals surface area contributed by atoms with Crippen molar-refractivity contribution in [3.63, 3.8) is 0 Å². The number of benzene rings is 2. The maximum atomic E-state index is 13.0. The van der Waals surface area contributed by atoms with Gasteiger partial charge in [-0.2, -0.15) is 0 Å². The standard InChI is InChI=1S/C29H31IN4O3/c1-4-33(5-2)25(7-6-16-30)22-12-9-21(10-13-22)14-15-29(27(36)31-28(37)32-29)19-34-18-23-11-8-20(3)17-24(23)26(34)35/h7-13,17H,4-6,16,18-19H2,1-3H3,(H2,31,32,36,37)/b25-7+/t29-/m1/s1. The zero-order valence-corrected chi connectivity index (χ0v) is 23.5. The van der Waals surface area contributed by atoms with Crippen LogP contribution in [-0.2, 0) is 11.3 Å². The van der Waals surface area contributed by atoms with Gasteiger partial charge in [-0.05, 0) is 56.5 Å². The molecule has 0 unspecified atom stereocenters. The average Bonchev–Trinajstić information content (AvgIpc) is 3.35. The second-order valence-electron chi connectivity index (χ2n) is 9.20. The van der Waals surface area contributed by atoms with Crippen LogP contribution in [-0.4, -0.2) is 57.2 Å². The van der Waals surface area contributed by atoms with Crippen molar-refractivity contribution >= 4 is 46.1 Å². The first-order valence-corrected chi connectivity index (χ1v) is 14.0. The van der Waals surface area contributed by atoms with Gasteiger partial charge in [0, 0.05) is 40.9 Å². The maximum absolute atomic E-state index is 13.0. The molecule has 2 aromatic carbocycles. The third-order valence-corrected chi connectivity index (χ3v) is 7.29. The first-order chi connectivity index (χ1) is 17.8. The van der Waals surface area contributed by atoms with Crippen molar-refractivity contribution in [1.29, 1.82) is 0 Å². The minimum absolute atomic E-state index is 0.0344. The van der Waals surface area contributed by atoms with E-state index in [9.17, 15) is 14.4 Å². The number of imide groups is 1. The lowest BCUT2D eigenvalue weighted by Gasteiger charge is -2.26. The van der Waals surface area contributed by atoms with E-state index in [1.165, 1.54) is 5.70 Å². The highest BCUT2D eigenvalue weighted by atomic mass is 127. The number of carbonyl (C=O) groups excluding carboxylic acids is 3. The van der Waals surface area contributed by atoms with Gasteiger partial charge in [0.05, 0.1) is 6.54 Å². The molecule has 2 aromatic rings. The van der Waals surface area contributed by atoms with Crippen LogP contribution in [0.4, 0.5) is 4.79 Å². The zero-order valence-electron chi connectivity index (χ0n) is 21.4. The summed E-state index contributed by atoms with van der Waals surface area (Å²) in [5.74, 6) is 5.34. The van der Waals surface area contributed by atoms with E-state index < -0.39 is 17.5 Å². The highest BCUT2D eigenvalue weighted by Gasteiger charge is 2.48. The molecular formula is C29H31IN4O3. The zero-order chi connectivity index (χ0) is 26.6. The third kappa shape index (κ3) is 5.67. The number of rotatable bonds is 8. The monoisotopic (exact) mass is 610 g/mol.